The van der Waals surface area contributed by atoms with Gasteiger partial charge in [-0.05, 0) is 34.7 Å². The van der Waals surface area contributed by atoms with E-state index in [0.717, 1.165) is 5.56 Å². The zero-order valence-corrected chi connectivity index (χ0v) is 16.2. The lowest BCUT2D eigenvalue weighted by Crippen LogP contribution is -2.27. The number of sulfone groups is 1. The van der Waals surface area contributed by atoms with Crippen molar-refractivity contribution in [3.63, 3.8) is 0 Å². The molecule has 0 bridgehead atoms. The summed E-state index contributed by atoms with van der Waals surface area (Å²) >= 11 is 2.81. The van der Waals surface area contributed by atoms with E-state index in [1.165, 1.54) is 11.8 Å². The maximum atomic E-state index is 12.2. The number of carbonyl (C=O) groups excluding carboxylic acids is 1. The van der Waals surface area contributed by atoms with E-state index in [2.05, 4.69) is 10.2 Å². The minimum Gasteiger partial charge on any atom is -0.416 e. The van der Waals surface area contributed by atoms with Crippen molar-refractivity contribution in [3.05, 3.63) is 28.3 Å². The molecule has 1 atom stereocenters. The van der Waals surface area contributed by atoms with E-state index in [9.17, 15) is 13.2 Å². The van der Waals surface area contributed by atoms with Crippen molar-refractivity contribution in [1.29, 1.82) is 0 Å². The molecule has 1 saturated heterocycles. The van der Waals surface area contributed by atoms with Crippen molar-refractivity contribution >= 4 is 38.8 Å². The molecule has 3 heterocycles. The van der Waals surface area contributed by atoms with E-state index in [1.807, 2.05) is 16.8 Å². The third-order valence-electron chi connectivity index (χ3n) is 3.98. The van der Waals surface area contributed by atoms with Crippen molar-refractivity contribution in [2.45, 2.75) is 24.6 Å². The molecule has 1 unspecified atom stereocenters. The van der Waals surface area contributed by atoms with Gasteiger partial charge < -0.3 is 9.32 Å². The summed E-state index contributed by atoms with van der Waals surface area (Å²) in [5.41, 5.74) is 1.11. The molecule has 0 aliphatic carbocycles. The summed E-state index contributed by atoms with van der Waals surface area (Å²) in [6, 6.07) is 2.00. The molecule has 1 fully saturated rings. The SMILES string of the molecule is CN(Cc1ccsc1)C(=O)CSc1nnc(CC2CCS(=O)(=O)C2)o1. The Hall–Kier alpha value is -1.39. The summed E-state index contributed by atoms with van der Waals surface area (Å²) in [5, 5.41) is 12.2. The third-order valence-corrected chi connectivity index (χ3v) is 7.36. The monoisotopic (exact) mass is 401 g/mol. The summed E-state index contributed by atoms with van der Waals surface area (Å²) in [6.07, 6.45) is 1.11. The second-order valence-corrected chi connectivity index (χ2v) is 10.0. The Morgan fingerprint density at radius 2 is 2.32 bits per heavy atom. The zero-order chi connectivity index (χ0) is 17.9. The highest BCUT2D eigenvalue weighted by atomic mass is 32.2. The molecule has 2 aromatic rings. The van der Waals surface area contributed by atoms with Gasteiger partial charge in [-0.1, -0.05) is 11.8 Å². The topological polar surface area (TPSA) is 93.4 Å². The van der Waals surface area contributed by atoms with E-state index < -0.39 is 9.84 Å². The van der Waals surface area contributed by atoms with Crippen LogP contribution in [0.3, 0.4) is 0 Å². The van der Waals surface area contributed by atoms with Crippen LogP contribution in [-0.2, 0) is 27.6 Å². The fourth-order valence-corrected chi connectivity index (χ4v) is 5.88. The van der Waals surface area contributed by atoms with Crippen LogP contribution in [0.4, 0.5) is 0 Å². The first-order valence-electron chi connectivity index (χ1n) is 7.82. The quantitative estimate of drug-likeness (QED) is 0.654. The summed E-state index contributed by atoms with van der Waals surface area (Å²) in [6.45, 7) is 0.578. The summed E-state index contributed by atoms with van der Waals surface area (Å²) in [5.74, 6) is 1.10. The minimum absolute atomic E-state index is 0.0159. The van der Waals surface area contributed by atoms with Crippen molar-refractivity contribution in [1.82, 2.24) is 15.1 Å². The summed E-state index contributed by atoms with van der Waals surface area (Å²) in [7, 11) is -1.14. The standard InChI is InChI=1S/C15H19N3O4S3/c1-18(7-12-2-4-23-8-12)14(19)9-24-15-17-16-13(22-15)6-11-3-5-25(20,21)10-11/h2,4,8,11H,3,5-7,9-10H2,1H3. The second-order valence-electron chi connectivity index (χ2n) is 6.10. The zero-order valence-electron chi connectivity index (χ0n) is 13.8. The first-order chi connectivity index (χ1) is 11.9. The molecule has 136 valence electrons. The molecule has 7 nitrogen and oxygen atoms in total. The Balaban J connectivity index is 1.46. The largest absolute Gasteiger partial charge is 0.416 e. The fraction of sp³-hybridized carbons (Fsp3) is 0.533. The van der Waals surface area contributed by atoms with Crippen LogP contribution in [0.1, 0.15) is 17.9 Å². The molecule has 1 amide bonds. The molecule has 1 aliphatic rings. The number of carbonyl (C=O) groups is 1. The molecule has 3 rings (SSSR count). The van der Waals surface area contributed by atoms with Crippen LogP contribution < -0.4 is 0 Å². The molecule has 0 saturated carbocycles. The van der Waals surface area contributed by atoms with Crippen molar-refractivity contribution < 1.29 is 17.6 Å². The van der Waals surface area contributed by atoms with Crippen LogP contribution >= 0.6 is 23.1 Å². The number of rotatable bonds is 7. The normalized spacial score (nSPS) is 19.2. The Morgan fingerprint density at radius 3 is 3.00 bits per heavy atom. The molecule has 0 radical (unpaired) electrons. The van der Waals surface area contributed by atoms with Gasteiger partial charge in [0.2, 0.25) is 11.8 Å². The van der Waals surface area contributed by atoms with Crippen LogP contribution in [0.2, 0.25) is 0 Å². The van der Waals surface area contributed by atoms with Gasteiger partial charge in [-0.3, -0.25) is 4.79 Å². The molecule has 0 spiro atoms. The number of thioether (sulfide) groups is 1. The van der Waals surface area contributed by atoms with Crippen LogP contribution in [0.15, 0.2) is 26.5 Å². The van der Waals surface area contributed by atoms with Gasteiger partial charge >= 0.3 is 0 Å². The molecule has 2 aromatic heterocycles. The third kappa shape index (κ3) is 5.29. The van der Waals surface area contributed by atoms with Gasteiger partial charge in [0, 0.05) is 20.0 Å². The Labute approximate surface area is 154 Å². The number of hydrogen-bond acceptors (Lipinski definition) is 8. The number of nitrogens with zero attached hydrogens (tertiary/aromatic N) is 3. The number of thiophene rings is 1. The lowest BCUT2D eigenvalue weighted by Gasteiger charge is -2.15. The number of amides is 1. The maximum absolute atomic E-state index is 12.2. The van der Waals surface area contributed by atoms with Crippen molar-refractivity contribution in [2.75, 3.05) is 24.3 Å². The highest BCUT2D eigenvalue weighted by molar-refractivity contribution is 7.99. The van der Waals surface area contributed by atoms with Crippen LogP contribution in [-0.4, -0.2) is 53.7 Å². The van der Waals surface area contributed by atoms with Gasteiger partial charge in [-0.15, -0.1) is 10.2 Å². The highest BCUT2D eigenvalue weighted by Crippen LogP contribution is 2.24. The van der Waals surface area contributed by atoms with Crippen LogP contribution in [0, 0.1) is 5.92 Å². The Morgan fingerprint density at radius 1 is 1.48 bits per heavy atom. The predicted molar refractivity (Wildman–Crippen MR) is 96.3 cm³/mol. The smallest absolute Gasteiger partial charge is 0.277 e. The lowest BCUT2D eigenvalue weighted by molar-refractivity contribution is -0.127. The minimum atomic E-state index is -2.91. The van der Waals surface area contributed by atoms with Crippen molar-refractivity contribution in [2.24, 2.45) is 5.92 Å². The van der Waals surface area contributed by atoms with Crippen molar-refractivity contribution in [3.8, 4) is 0 Å². The second kappa shape index (κ2) is 7.88. The van der Waals surface area contributed by atoms with Crippen LogP contribution in [0.25, 0.3) is 0 Å². The lowest BCUT2D eigenvalue weighted by atomic mass is 10.1. The molecule has 1 aliphatic heterocycles. The van der Waals surface area contributed by atoms with Gasteiger partial charge in [-0.25, -0.2) is 8.42 Å². The van der Waals surface area contributed by atoms with Gasteiger partial charge in [0.25, 0.3) is 5.22 Å². The highest BCUT2D eigenvalue weighted by Gasteiger charge is 2.29. The maximum Gasteiger partial charge on any atom is 0.277 e. The van der Waals surface area contributed by atoms with E-state index >= 15 is 0 Å². The summed E-state index contributed by atoms with van der Waals surface area (Å²) in [4.78, 5) is 13.8. The first-order valence-corrected chi connectivity index (χ1v) is 11.6. The molecule has 25 heavy (non-hydrogen) atoms. The fourth-order valence-electron chi connectivity index (χ4n) is 2.64. The van der Waals surface area contributed by atoms with Gasteiger partial charge in [0.05, 0.1) is 17.3 Å². The number of hydrogen-bond donors (Lipinski definition) is 0. The summed E-state index contributed by atoms with van der Waals surface area (Å²) < 4.78 is 28.5. The van der Waals surface area contributed by atoms with Gasteiger partial charge in [0.1, 0.15) is 0 Å². The van der Waals surface area contributed by atoms with Crippen LogP contribution in [0.5, 0.6) is 0 Å². The van der Waals surface area contributed by atoms with E-state index in [-0.39, 0.29) is 29.1 Å². The van der Waals surface area contributed by atoms with Gasteiger partial charge in [-0.2, -0.15) is 11.3 Å². The Bertz CT molecular complexity index is 817. The average Bonchev–Trinajstić information content (AvgIpc) is 3.27. The first kappa shape index (κ1) is 18.4. The van der Waals surface area contributed by atoms with Gasteiger partial charge in [0.15, 0.2) is 9.84 Å². The average molecular weight is 402 g/mol. The van der Waals surface area contributed by atoms with E-state index in [4.69, 9.17) is 4.42 Å². The molecule has 0 N–H and O–H groups in total. The van der Waals surface area contributed by atoms with E-state index in [0.29, 0.717) is 30.5 Å². The molecular weight excluding hydrogens is 382 g/mol. The molecular formula is C15H19N3O4S3. The molecule has 10 heteroatoms. The van der Waals surface area contributed by atoms with E-state index in [1.54, 1.807) is 23.3 Å². The Kier molecular flexibility index (Phi) is 5.80. The molecule has 0 aromatic carbocycles. The number of aromatic nitrogens is 2. The predicted octanol–water partition coefficient (Wildman–Crippen LogP) is 1.86.